The highest BCUT2D eigenvalue weighted by molar-refractivity contribution is 6.32. The summed E-state index contributed by atoms with van der Waals surface area (Å²) in [7, 11) is 0. The van der Waals surface area contributed by atoms with Crippen molar-refractivity contribution < 1.29 is 19.1 Å². The van der Waals surface area contributed by atoms with E-state index in [0.29, 0.717) is 18.9 Å². The average Bonchev–Trinajstić information content (AvgIpc) is 2.68. The molecular formula is C18H18ClN3O4. The van der Waals surface area contributed by atoms with Crippen LogP contribution in [0.1, 0.15) is 10.4 Å². The number of hydrogen-bond acceptors (Lipinski definition) is 6. The molecule has 1 aromatic heterocycles. The van der Waals surface area contributed by atoms with Crippen molar-refractivity contribution in [3.05, 3.63) is 53.3 Å². The van der Waals surface area contributed by atoms with Crippen molar-refractivity contribution in [1.82, 2.24) is 4.98 Å². The van der Waals surface area contributed by atoms with E-state index in [0.717, 1.165) is 18.8 Å². The Labute approximate surface area is 155 Å². The lowest BCUT2D eigenvalue weighted by molar-refractivity contribution is -0.119. The number of nitrogens with zero attached hydrogens (tertiary/aromatic N) is 2. The van der Waals surface area contributed by atoms with Crippen LogP contribution < -0.4 is 10.2 Å². The number of aromatic nitrogens is 1. The molecule has 1 aliphatic heterocycles. The zero-order valence-corrected chi connectivity index (χ0v) is 14.7. The molecule has 0 unspecified atom stereocenters. The molecule has 0 aliphatic carbocycles. The van der Waals surface area contributed by atoms with Gasteiger partial charge in [0.25, 0.3) is 5.91 Å². The standard InChI is InChI=1S/C18H18ClN3O4/c19-17-15(2-1-7-20-17)18(24)26-12-16(23)21-13-3-5-14(6-4-13)22-8-10-25-11-9-22/h1-7H,8-12H2,(H,21,23). The third-order valence-electron chi connectivity index (χ3n) is 3.84. The first-order valence-corrected chi connectivity index (χ1v) is 8.51. The van der Waals surface area contributed by atoms with Crippen LogP contribution in [0.25, 0.3) is 0 Å². The molecule has 1 aromatic carbocycles. The summed E-state index contributed by atoms with van der Waals surface area (Å²) in [6.45, 7) is 2.71. The molecule has 0 saturated carbocycles. The number of pyridine rings is 1. The van der Waals surface area contributed by atoms with E-state index in [4.69, 9.17) is 21.1 Å². The van der Waals surface area contributed by atoms with Crippen molar-refractivity contribution in [1.29, 1.82) is 0 Å². The number of anilines is 2. The van der Waals surface area contributed by atoms with Crippen molar-refractivity contribution in [3.8, 4) is 0 Å². The molecular weight excluding hydrogens is 358 g/mol. The highest BCUT2D eigenvalue weighted by atomic mass is 35.5. The summed E-state index contributed by atoms with van der Waals surface area (Å²) in [5.74, 6) is -1.13. The van der Waals surface area contributed by atoms with Gasteiger partial charge in [-0.2, -0.15) is 0 Å². The zero-order valence-electron chi connectivity index (χ0n) is 14.0. The van der Waals surface area contributed by atoms with E-state index < -0.39 is 18.5 Å². The van der Waals surface area contributed by atoms with E-state index in [1.165, 1.54) is 12.3 Å². The first-order valence-electron chi connectivity index (χ1n) is 8.14. The first-order chi connectivity index (χ1) is 12.6. The predicted molar refractivity (Wildman–Crippen MR) is 97.6 cm³/mol. The van der Waals surface area contributed by atoms with Gasteiger partial charge < -0.3 is 19.7 Å². The Morgan fingerprint density at radius 3 is 2.62 bits per heavy atom. The van der Waals surface area contributed by atoms with Crippen LogP contribution in [-0.4, -0.2) is 49.8 Å². The number of benzene rings is 1. The van der Waals surface area contributed by atoms with Crippen LogP contribution in [0.15, 0.2) is 42.6 Å². The Balaban J connectivity index is 1.50. The average molecular weight is 376 g/mol. The number of carbonyl (C=O) groups excluding carboxylic acids is 2. The fourth-order valence-corrected chi connectivity index (χ4v) is 2.72. The van der Waals surface area contributed by atoms with E-state index in [9.17, 15) is 9.59 Å². The van der Waals surface area contributed by atoms with Gasteiger partial charge in [-0.25, -0.2) is 9.78 Å². The molecule has 1 fully saturated rings. The SMILES string of the molecule is O=C(COC(=O)c1cccnc1Cl)Nc1ccc(N2CCOCC2)cc1. The summed E-state index contributed by atoms with van der Waals surface area (Å²) in [4.78, 5) is 29.9. The lowest BCUT2D eigenvalue weighted by atomic mass is 10.2. The second-order valence-corrected chi connectivity index (χ2v) is 5.97. The molecule has 1 amide bonds. The normalized spacial score (nSPS) is 14.0. The maximum atomic E-state index is 12.0. The Morgan fingerprint density at radius 1 is 1.19 bits per heavy atom. The lowest BCUT2D eigenvalue weighted by Crippen LogP contribution is -2.36. The Kier molecular flexibility index (Phi) is 6.04. The Hall–Kier alpha value is -2.64. The number of hydrogen-bond donors (Lipinski definition) is 1. The molecule has 1 aliphatic rings. The van der Waals surface area contributed by atoms with Crippen LogP contribution in [0.3, 0.4) is 0 Å². The molecule has 136 valence electrons. The summed E-state index contributed by atoms with van der Waals surface area (Å²) in [5.41, 5.74) is 1.82. The third kappa shape index (κ3) is 4.71. The second kappa shape index (κ2) is 8.64. The van der Waals surface area contributed by atoms with Gasteiger partial charge in [0.05, 0.1) is 18.8 Å². The maximum absolute atomic E-state index is 12.0. The highest BCUT2D eigenvalue weighted by Crippen LogP contribution is 2.19. The van der Waals surface area contributed by atoms with Gasteiger partial charge in [0, 0.05) is 30.7 Å². The third-order valence-corrected chi connectivity index (χ3v) is 4.14. The molecule has 2 aromatic rings. The molecule has 26 heavy (non-hydrogen) atoms. The quantitative estimate of drug-likeness (QED) is 0.638. The monoisotopic (exact) mass is 375 g/mol. The lowest BCUT2D eigenvalue weighted by Gasteiger charge is -2.28. The van der Waals surface area contributed by atoms with Crippen molar-refractivity contribution in [2.75, 3.05) is 43.1 Å². The van der Waals surface area contributed by atoms with Gasteiger partial charge in [-0.15, -0.1) is 0 Å². The van der Waals surface area contributed by atoms with Gasteiger partial charge in [0.2, 0.25) is 0 Å². The van der Waals surface area contributed by atoms with E-state index in [-0.39, 0.29) is 10.7 Å². The fourth-order valence-electron chi connectivity index (χ4n) is 2.52. The summed E-state index contributed by atoms with van der Waals surface area (Å²) in [6, 6.07) is 10.5. The van der Waals surface area contributed by atoms with Gasteiger partial charge in [0.1, 0.15) is 5.15 Å². The largest absolute Gasteiger partial charge is 0.452 e. The molecule has 0 atom stereocenters. The number of amides is 1. The topological polar surface area (TPSA) is 80.8 Å². The molecule has 0 bridgehead atoms. The molecule has 2 heterocycles. The molecule has 1 N–H and O–H groups in total. The maximum Gasteiger partial charge on any atom is 0.341 e. The summed E-state index contributed by atoms with van der Waals surface area (Å²) < 4.78 is 10.3. The van der Waals surface area contributed by atoms with Crippen LogP contribution >= 0.6 is 11.6 Å². The van der Waals surface area contributed by atoms with Crippen LogP contribution in [0.4, 0.5) is 11.4 Å². The number of rotatable bonds is 5. The first kappa shape index (κ1) is 18.2. The molecule has 0 spiro atoms. The fraction of sp³-hybridized carbons (Fsp3) is 0.278. The number of ether oxygens (including phenoxy) is 2. The minimum atomic E-state index is -0.694. The van der Waals surface area contributed by atoms with Crippen molar-refractivity contribution in [3.63, 3.8) is 0 Å². The van der Waals surface area contributed by atoms with Crippen LogP contribution in [-0.2, 0) is 14.3 Å². The van der Waals surface area contributed by atoms with E-state index in [1.54, 1.807) is 6.07 Å². The molecule has 3 rings (SSSR count). The van der Waals surface area contributed by atoms with Crippen LogP contribution in [0.2, 0.25) is 5.15 Å². The Bertz CT molecular complexity index is 776. The number of esters is 1. The Morgan fingerprint density at radius 2 is 1.92 bits per heavy atom. The van der Waals surface area contributed by atoms with Crippen LogP contribution in [0, 0.1) is 0 Å². The van der Waals surface area contributed by atoms with Crippen molar-refractivity contribution in [2.24, 2.45) is 0 Å². The molecule has 0 radical (unpaired) electrons. The van der Waals surface area contributed by atoms with Gasteiger partial charge in [-0.3, -0.25) is 4.79 Å². The van der Waals surface area contributed by atoms with Gasteiger partial charge >= 0.3 is 5.97 Å². The smallest absolute Gasteiger partial charge is 0.341 e. The minimum absolute atomic E-state index is 0.0385. The number of morpholine rings is 1. The van der Waals surface area contributed by atoms with E-state index in [1.807, 2.05) is 24.3 Å². The summed E-state index contributed by atoms with van der Waals surface area (Å²) in [6.07, 6.45) is 1.46. The summed E-state index contributed by atoms with van der Waals surface area (Å²) >= 11 is 5.82. The second-order valence-electron chi connectivity index (χ2n) is 5.61. The van der Waals surface area contributed by atoms with Crippen LogP contribution in [0.5, 0.6) is 0 Å². The van der Waals surface area contributed by atoms with Crippen molar-refractivity contribution >= 4 is 34.9 Å². The predicted octanol–water partition coefficient (Wildman–Crippen LogP) is 2.37. The molecule has 7 nitrogen and oxygen atoms in total. The van der Waals surface area contributed by atoms with Crippen molar-refractivity contribution in [2.45, 2.75) is 0 Å². The number of nitrogens with one attached hydrogen (secondary N) is 1. The van der Waals surface area contributed by atoms with E-state index in [2.05, 4.69) is 15.2 Å². The van der Waals surface area contributed by atoms with Gasteiger partial charge in [-0.1, -0.05) is 11.6 Å². The van der Waals surface area contributed by atoms with E-state index >= 15 is 0 Å². The van der Waals surface area contributed by atoms with Gasteiger partial charge in [-0.05, 0) is 36.4 Å². The molecule has 8 heteroatoms. The summed E-state index contributed by atoms with van der Waals surface area (Å²) in [5, 5.41) is 2.72. The number of halogens is 1. The van der Waals surface area contributed by atoms with Gasteiger partial charge in [0.15, 0.2) is 6.61 Å². The zero-order chi connectivity index (χ0) is 18.4. The minimum Gasteiger partial charge on any atom is -0.452 e. The highest BCUT2D eigenvalue weighted by Gasteiger charge is 2.15. The number of carbonyl (C=O) groups is 2. The molecule has 1 saturated heterocycles.